The van der Waals surface area contributed by atoms with Crippen molar-refractivity contribution in [2.45, 2.75) is 6.92 Å². The lowest BCUT2D eigenvalue weighted by Gasteiger charge is -2.22. The Kier molecular flexibility index (Phi) is 5.54. The lowest BCUT2D eigenvalue weighted by molar-refractivity contribution is -0.131. The molecule has 0 aliphatic carbocycles. The summed E-state index contributed by atoms with van der Waals surface area (Å²) in [6.45, 7) is 10.8. The summed E-state index contributed by atoms with van der Waals surface area (Å²) in [5.74, 6) is -0.117. The molecule has 4 heteroatoms. The van der Waals surface area contributed by atoms with Gasteiger partial charge in [0.05, 0.1) is 0 Å². The Hall–Kier alpha value is -2.36. The molecule has 0 atom stereocenters. The number of aromatic nitrogens is 1. The molecule has 0 amide bonds. The lowest BCUT2D eigenvalue weighted by Crippen LogP contribution is -2.25. The Balaban J connectivity index is 3.00. The number of anilines is 1. The highest BCUT2D eigenvalue weighted by molar-refractivity contribution is 5.85. The van der Waals surface area contributed by atoms with E-state index in [-0.39, 0.29) is 0 Å². The molecule has 1 N–H and O–H groups in total. The molecule has 0 bridgehead atoms. The summed E-state index contributed by atoms with van der Waals surface area (Å²) >= 11 is 0. The van der Waals surface area contributed by atoms with Crippen LogP contribution < -0.4 is 4.90 Å². The van der Waals surface area contributed by atoms with E-state index >= 15 is 0 Å². The van der Waals surface area contributed by atoms with Crippen LogP contribution in [0.4, 0.5) is 5.82 Å². The molecular formula is C15H18N2O2. The first-order valence-electron chi connectivity index (χ1n) is 5.93. The Morgan fingerprint density at radius 1 is 1.42 bits per heavy atom. The highest BCUT2D eigenvalue weighted by atomic mass is 16.4. The van der Waals surface area contributed by atoms with Gasteiger partial charge in [-0.05, 0) is 30.2 Å². The maximum absolute atomic E-state index is 10.5. The third-order valence-corrected chi connectivity index (χ3v) is 2.49. The molecule has 0 aliphatic heterocycles. The molecule has 0 unspecified atom stereocenters. The van der Waals surface area contributed by atoms with Gasteiger partial charge >= 0.3 is 5.97 Å². The van der Waals surface area contributed by atoms with Gasteiger partial charge in [0.15, 0.2) is 0 Å². The second-order valence-electron chi connectivity index (χ2n) is 4.06. The molecule has 0 aliphatic rings. The predicted octanol–water partition coefficient (Wildman–Crippen LogP) is 2.67. The fourth-order valence-corrected chi connectivity index (χ4v) is 1.74. The number of nitrogens with zero attached hydrogens (tertiary/aromatic N) is 2. The molecular weight excluding hydrogens is 240 g/mol. The molecule has 0 saturated carbocycles. The monoisotopic (exact) mass is 258 g/mol. The number of hydrogen-bond donors (Lipinski definition) is 1. The molecule has 1 aromatic heterocycles. The van der Waals surface area contributed by atoms with Gasteiger partial charge < -0.3 is 10.0 Å². The summed E-state index contributed by atoms with van der Waals surface area (Å²) in [6, 6.07) is 1.90. The molecule has 0 saturated heterocycles. The van der Waals surface area contributed by atoms with Crippen molar-refractivity contribution in [2.24, 2.45) is 0 Å². The van der Waals surface area contributed by atoms with Crippen LogP contribution in [-0.2, 0) is 4.79 Å². The molecule has 0 spiro atoms. The fraction of sp³-hybridized carbons (Fsp3) is 0.200. The maximum Gasteiger partial charge on any atom is 0.328 e. The van der Waals surface area contributed by atoms with Crippen molar-refractivity contribution in [3.63, 3.8) is 0 Å². The van der Waals surface area contributed by atoms with E-state index in [1.54, 1.807) is 6.20 Å². The number of aryl methyl sites for hydroxylation is 1. The van der Waals surface area contributed by atoms with Crippen molar-refractivity contribution >= 4 is 17.9 Å². The van der Waals surface area contributed by atoms with E-state index in [9.17, 15) is 4.79 Å². The first-order valence-corrected chi connectivity index (χ1v) is 5.93. The van der Waals surface area contributed by atoms with Crippen molar-refractivity contribution in [3.05, 3.63) is 54.8 Å². The fourth-order valence-electron chi connectivity index (χ4n) is 1.74. The number of carboxylic acids is 1. The zero-order valence-electron chi connectivity index (χ0n) is 11.0. The topological polar surface area (TPSA) is 53.4 Å². The van der Waals surface area contributed by atoms with E-state index in [1.807, 2.05) is 30.0 Å². The third-order valence-electron chi connectivity index (χ3n) is 2.49. The Labute approximate surface area is 113 Å². The summed E-state index contributed by atoms with van der Waals surface area (Å²) in [5, 5.41) is 8.59. The van der Waals surface area contributed by atoms with Crippen LogP contribution >= 0.6 is 0 Å². The minimum absolute atomic E-state index is 0.685. The Morgan fingerprint density at radius 2 is 2.05 bits per heavy atom. The SMILES string of the molecule is C=CCN(CC=C)c1ncc(/C=C/C(=O)O)cc1C. The van der Waals surface area contributed by atoms with Crippen molar-refractivity contribution in [3.8, 4) is 0 Å². The molecule has 0 aromatic carbocycles. The van der Waals surface area contributed by atoms with Gasteiger partial charge in [-0.2, -0.15) is 0 Å². The average molecular weight is 258 g/mol. The number of aliphatic carboxylic acids is 1. The van der Waals surface area contributed by atoms with Crippen LogP contribution in [0.3, 0.4) is 0 Å². The minimum Gasteiger partial charge on any atom is -0.478 e. The van der Waals surface area contributed by atoms with Gasteiger partial charge in [-0.15, -0.1) is 13.2 Å². The maximum atomic E-state index is 10.5. The summed E-state index contributed by atoms with van der Waals surface area (Å²) in [4.78, 5) is 16.9. The smallest absolute Gasteiger partial charge is 0.328 e. The van der Waals surface area contributed by atoms with Gasteiger partial charge in [-0.25, -0.2) is 9.78 Å². The van der Waals surface area contributed by atoms with E-state index < -0.39 is 5.97 Å². The van der Waals surface area contributed by atoms with E-state index in [4.69, 9.17) is 5.11 Å². The quantitative estimate of drug-likeness (QED) is 0.603. The van der Waals surface area contributed by atoms with E-state index in [1.165, 1.54) is 6.08 Å². The van der Waals surface area contributed by atoms with Crippen molar-refractivity contribution in [1.82, 2.24) is 4.98 Å². The highest BCUT2D eigenvalue weighted by Gasteiger charge is 2.08. The zero-order valence-corrected chi connectivity index (χ0v) is 11.0. The first kappa shape index (κ1) is 14.7. The molecule has 0 fully saturated rings. The molecule has 1 rings (SSSR count). The van der Waals surface area contributed by atoms with Crippen LogP contribution in [-0.4, -0.2) is 29.1 Å². The van der Waals surface area contributed by atoms with E-state index in [2.05, 4.69) is 18.1 Å². The Morgan fingerprint density at radius 3 is 2.53 bits per heavy atom. The number of hydrogen-bond acceptors (Lipinski definition) is 3. The lowest BCUT2D eigenvalue weighted by atomic mass is 10.2. The minimum atomic E-state index is -0.971. The van der Waals surface area contributed by atoms with Crippen LogP contribution in [0.25, 0.3) is 6.08 Å². The van der Waals surface area contributed by atoms with Gasteiger partial charge in [0.25, 0.3) is 0 Å². The van der Waals surface area contributed by atoms with Gasteiger partial charge in [0.2, 0.25) is 0 Å². The number of rotatable bonds is 7. The van der Waals surface area contributed by atoms with Gasteiger partial charge in [-0.3, -0.25) is 0 Å². The number of carbonyl (C=O) groups is 1. The summed E-state index contributed by atoms with van der Waals surface area (Å²) < 4.78 is 0. The van der Waals surface area contributed by atoms with Crippen LogP contribution in [0, 0.1) is 6.92 Å². The standard InChI is InChI=1S/C15H18N2O2/c1-4-8-17(9-5-2)15-12(3)10-13(11-16-15)6-7-14(18)19/h4-7,10-11H,1-2,8-9H2,3H3,(H,18,19)/b7-6+. The molecule has 19 heavy (non-hydrogen) atoms. The van der Waals surface area contributed by atoms with Crippen LogP contribution in [0.1, 0.15) is 11.1 Å². The van der Waals surface area contributed by atoms with Gasteiger partial charge in [0.1, 0.15) is 5.82 Å². The number of carboxylic acid groups (broad SMARTS) is 1. The Bertz CT molecular complexity index is 497. The second kappa shape index (κ2) is 7.16. The third kappa shape index (κ3) is 4.43. The largest absolute Gasteiger partial charge is 0.478 e. The second-order valence-corrected chi connectivity index (χ2v) is 4.06. The predicted molar refractivity (Wildman–Crippen MR) is 78.3 cm³/mol. The molecule has 1 heterocycles. The molecule has 1 aromatic rings. The zero-order chi connectivity index (χ0) is 14.3. The van der Waals surface area contributed by atoms with Gasteiger partial charge in [-0.1, -0.05) is 12.2 Å². The van der Waals surface area contributed by atoms with Crippen LogP contribution in [0.5, 0.6) is 0 Å². The van der Waals surface area contributed by atoms with Crippen LogP contribution in [0.15, 0.2) is 43.6 Å². The first-order chi connectivity index (χ1) is 9.08. The summed E-state index contributed by atoms with van der Waals surface area (Å²) in [6.07, 6.45) is 7.89. The van der Waals surface area contributed by atoms with Crippen molar-refractivity contribution < 1.29 is 9.90 Å². The van der Waals surface area contributed by atoms with Crippen molar-refractivity contribution in [1.29, 1.82) is 0 Å². The summed E-state index contributed by atoms with van der Waals surface area (Å²) in [5.41, 5.74) is 1.75. The van der Waals surface area contributed by atoms with Crippen LogP contribution in [0.2, 0.25) is 0 Å². The van der Waals surface area contributed by atoms with Crippen molar-refractivity contribution in [2.75, 3.05) is 18.0 Å². The number of pyridine rings is 1. The average Bonchev–Trinajstić information content (AvgIpc) is 2.36. The van der Waals surface area contributed by atoms with Gasteiger partial charge in [0, 0.05) is 25.4 Å². The molecule has 0 radical (unpaired) electrons. The van der Waals surface area contributed by atoms with E-state index in [0.717, 1.165) is 23.0 Å². The molecule has 4 nitrogen and oxygen atoms in total. The van der Waals surface area contributed by atoms with E-state index in [0.29, 0.717) is 13.1 Å². The molecule has 100 valence electrons. The normalized spacial score (nSPS) is 10.4. The summed E-state index contributed by atoms with van der Waals surface area (Å²) in [7, 11) is 0. The highest BCUT2D eigenvalue weighted by Crippen LogP contribution is 2.18.